The smallest absolute Gasteiger partial charge is 0.131 e. The van der Waals surface area contributed by atoms with E-state index in [-0.39, 0.29) is 0 Å². The molecule has 4 nitrogen and oxygen atoms in total. The molecule has 0 aliphatic carbocycles. The summed E-state index contributed by atoms with van der Waals surface area (Å²) in [5, 5.41) is 10.3. The Balaban J connectivity index is 2.52. The molecule has 17 heavy (non-hydrogen) atoms. The van der Waals surface area contributed by atoms with Gasteiger partial charge in [0.15, 0.2) is 0 Å². The van der Waals surface area contributed by atoms with Crippen LogP contribution in [0.3, 0.4) is 0 Å². The summed E-state index contributed by atoms with van der Waals surface area (Å²) < 4.78 is 4.86. The van der Waals surface area contributed by atoms with Gasteiger partial charge in [-0.1, -0.05) is 23.2 Å². The number of likely N-dealkylation sites (N-methyl/N-ethyl adjacent to an activating group) is 1. The van der Waals surface area contributed by atoms with Gasteiger partial charge in [0, 0.05) is 20.2 Å². The van der Waals surface area contributed by atoms with Crippen molar-refractivity contribution in [1.29, 1.82) is 0 Å². The predicted molar refractivity (Wildman–Crippen MR) is 68.5 cm³/mol. The van der Waals surface area contributed by atoms with Gasteiger partial charge in [0.1, 0.15) is 10.3 Å². The van der Waals surface area contributed by atoms with E-state index in [1.807, 2.05) is 11.9 Å². The molecule has 1 N–H and O–H groups in total. The van der Waals surface area contributed by atoms with E-state index in [0.29, 0.717) is 30.0 Å². The van der Waals surface area contributed by atoms with E-state index in [2.05, 4.69) is 4.98 Å². The third-order valence-corrected chi connectivity index (χ3v) is 2.54. The molecule has 0 aliphatic rings. The zero-order valence-electron chi connectivity index (χ0n) is 9.86. The lowest BCUT2D eigenvalue weighted by Gasteiger charge is -2.20. The molecule has 0 bridgehead atoms. The third-order valence-electron chi connectivity index (χ3n) is 2.16. The van der Waals surface area contributed by atoms with Crippen molar-refractivity contribution in [3.8, 4) is 0 Å². The lowest BCUT2D eigenvalue weighted by molar-refractivity contribution is 0.0419. The van der Waals surface area contributed by atoms with Gasteiger partial charge in [0.25, 0.3) is 0 Å². The lowest BCUT2D eigenvalue weighted by Crippen LogP contribution is -2.31. The second kappa shape index (κ2) is 7.13. The van der Waals surface area contributed by atoms with Crippen molar-refractivity contribution in [3.05, 3.63) is 28.0 Å². The van der Waals surface area contributed by atoms with Crippen LogP contribution in [0.4, 0.5) is 0 Å². The van der Waals surface area contributed by atoms with Crippen LogP contribution in [0.15, 0.2) is 12.1 Å². The second-order valence-electron chi connectivity index (χ2n) is 3.93. The van der Waals surface area contributed by atoms with Crippen LogP contribution in [0.5, 0.6) is 0 Å². The van der Waals surface area contributed by atoms with Gasteiger partial charge in [-0.3, -0.25) is 4.90 Å². The van der Waals surface area contributed by atoms with Crippen LogP contribution in [0.1, 0.15) is 5.56 Å². The molecule has 1 aromatic rings. The zero-order chi connectivity index (χ0) is 12.8. The number of nitrogens with zero attached hydrogens (tertiary/aromatic N) is 2. The molecule has 1 aromatic heterocycles. The SMILES string of the molecule is COCC(O)CN(C)Cc1cc(Cl)nc(Cl)c1. The van der Waals surface area contributed by atoms with Crippen molar-refractivity contribution in [2.75, 3.05) is 27.3 Å². The van der Waals surface area contributed by atoms with Gasteiger partial charge < -0.3 is 9.84 Å². The Kier molecular flexibility index (Phi) is 6.16. The standard InChI is InChI=1S/C11H16Cl2N2O2/c1-15(6-9(16)7-17-2)5-8-3-10(12)14-11(13)4-8/h3-4,9,16H,5-7H2,1-2H3. The van der Waals surface area contributed by atoms with E-state index in [4.69, 9.17) is 27.9 Å². The molecule has 1 heterocycles. The van der Waals surface area contributed by atoms with Crippen molar-refractivity contribution in [3.63, 3.8) is 0 Å². The highest BCUT2D eigenvalue weighted by molar-refractivity contribution is 6.32. The van der Waals surface area contributed by atoms with Gasteiger partial charge in [0.2, 0.25) is 0 Å². The summed E-state index contributed by atoms with van der Waals surface area (Å²) >= 11 is 11.6. The van der Waals surface area contributed by atoms with Crippen molar-refractivity contribution in [1.82, 2.24) is 9.88 Å². The van der Waals surface area contributed by atoms with Crippen LogP contribution in [-0.4, -0.2) is 48.4 Å². The second-order valence-corrected chi connectivity index (χ2v) is 4.70. The summed E-state index contributed by atoms with van der Waals surface area (Å²) in [5.74, 6) is 0. The third kappa shape index (κ3) is 5.66. The number of aliphatic hydroxyl groups excluding tert-OH is 1. The molecule has 6 heteroatoms. The largest absolute Gasteiger partial charge is 0.389 e. The molecular formula is C11H16Cl2N2O2. The number of methoxy groups -OCH3 is 1. The fourth-order valence-corrected chi connectivity index (χ4v) is 2.09. The molecule has 96 valence electrons. The van der Waals surface area contributed by atoms with Gasteiger partial charge in [-0.15, -0.1) is 0 Å². The first kappa shape index (κ1) is 14.7. The highest BCUT2D eigenvalue weighted by Crippen LogP contribution is 2.15. The average Bonchev–Trinajstić information content (AvgIpc) is 2.14. The molecule has 1 unspecified atom stereocenters. The molecule has 1 atom stereocenters. The van der Waals surface area contributed by atoms with E-state index >= 15 is 0 Å². The van der Waals surface area contributed by atoms with Crippen LogP contribution >= 0.6 is 23.2 Å². The number of ether oxygens (including phenoxy) is 1. The summed E-state index contributed by atoms with van der Waals surface area (Å²) in [6, 6.07) is 3.51. The molecule has 1 rings (SSSR count). The van der Waals surface area contributed by atoms with Crippen molar-refractivity contribution >= 4 is 23.2 Å². The maximum atomic E-state index is 9.58. The minimum Gasteiger partial charge on any atom is -0.389 e. The molecule has 0 aliphatic heterocycles. The number of aliphatic hydroxyl groups is 1. The van der Waals surface area contributed by atoms with Crippen molar-refractivity contribution < 1.29 is 9.84 Å². The van der Waals surface area contributed by atoms with Gasteiger partial charge in [-0.05, 0) is 24.7 Å². The summed E-state index contributed by atoms with van der Waals surface area (Å²) in [4.78, 5) is 5.84. The van der Waals surface area contributed by atoms with Gasteiger partial charge >= 0.3 is 0 Å². The summed E-state index contributed by atoms with van der Waals surface area (Å²) in [6.45, 7) is 1.48. The zero-order valence-corrected chi connectivity index (χ0v) is 11.4. The molecule has 0 saturated heterocycles. The van der Waals surface area contributed by atoms with E-state index in [9.17, 15) is 5.11 Å². The molecule has 0 saturated carbocycles. The van der Waals surface area contributed by atoms with Gasteiger partial charge in [-0.2, -0.15) is 0 Å². The minimum atomic E-state index is -0.502. The molecular weight excluding hydrogens is 263 g/mol. The van der Waals surface area contributed by atoms with Crippen molar-refractivity contribution in [2.45, 2.75) is 12.6 Å². The lowest BCUT2D eigenvalue weighted by atomic mass is 10.2. The Morgan fingerprint density at radius 1 is 1.41 bits per heavy atom. The fourth-order valence-electron chi connectivity index (χ4n) is 1.59. The number of pyridine rings is 1. The van der Waals surface area contributed by atoms with E-state index < -0.39 is 6.10 Å². The Hall–Kier alpha value is -0.390. The van der Waals surface area contributed by atoms with Crippen molar-refractivity contribution in [2.24, 2.45) is 0 Å². The average molecular weight is 279 g/mol. The number of aromatic nitrogens is 1. The first-order chi connectivity index (χ1) is 8.01. The van der Waals surface area contributed by atoms with E-state index in [0.717, 1.165) is 5.56 Å². The van der Waals surface area contributed by atoms with Crippen LogP contribution in [0, 0.1) is 0 Å². The molecule has 0 spiro atoms. The number of rotatable bonds is 6. The summed E-state index contributed by atoms with van der Waals surface area (Å²) in [6.07, 6.45) is -0.502. The predicted octanol–water partition coefficient (Wildman–Crippen LogP) is 1.83. The van der Waals surface area contributed by atoms with Crippen LogP contribution in [-0.2, 0) is 11.3 Å². The van der Waals surface area contributed by atoms with Crippen LogP contribution < -0.4 is 0 Å². The Labute approximate surface area is 111 Å². The van der Waals surface area contributed by atoms with Gasteiger partial charge in [-0.25, -0.2) is 4.98 Å². The van der Waals surface area contributed by atoms with Crippen LogP contribution in [0.2, 0.25) is 10.3 Å². The normalized spacial score (nSPS) is 13.1. The maximum Gasteiger partial charge on any atom is 0.131 e. The minimum absolute atomic E-state index is 0.322. The first-order valence-corrected chi connectivity index (χ1v) is 5.94. The van der Waals surface area contributed by atoms with Crippen LogP contribution in [0.25, 0.3) is 0 Å². The highest BCUT2D eigenvalue weighted by Gasteiger charge is 2.09. The van der Waals surface area contributed by atoms with Gasteiger partial charge in [0.05, 0.1) is 12.7 Å². The maximum absolute atomic E-state index is 9.58. The molecule has 0 radical (unpaired) electrons. The fraction of sp³-hybridized carbons (Fsp3) is 0.545. The van der Waals surface area contributed by atoms with E-state index in [1.165, 1.54) is 0 Å². The molecule has 0 aromatic carbocycles. The first-order valence-electron chi connectivity index (χ1n) is 5.18. The topological polar surface area (TPSA) is 45.6 Å². The molecule has 0 fully saturated rings. The number of halogens is 2. The Morgan fingerprint density at radius 2 is 2.00 bits per heavy atom. The Morgan fingerprint density at radius 3 is 2.53 bits per heavy atom. The number of hydrogen-bond acceptors (Lipinski definition) is 4. The molecule has 0 amide bonds. The Bertz CT molecular complexity index is 343. The summed E-state index contributed by atoms with van der Waals surface area (Å²) in [7, 11) is 3.47. The number of hydrogen-bond donors (Lipinski definition) is 1. The monoisotopic (exact) mass is 278 g/mol. The van der Waals surface area contributed by atoms with E-state index in [1.54, 1.807) is 19.2 Å². The highest BCUT2D eigenvalue weighted by atomic mass is 35.5. The summed E-state index contributed by atoms with van der Waals surface area (Å²) in [5.41, 5.74) is 0.960. The quantitative estimate of drug-likeness (QED) is 0.807.